The normalized spacial score (nSPS) is 22.2. The second kappa shape index (κ2) is 4.07. The fraction of sp³-hybridized carbons (Fsp3) is 0.538. The molecule has 2 aliphatic rings. The molecule has 0 N–H and O–H groups in total. The van der Waals surface area contributed by atoms with Crippen LogP contribution in [-0.2, 0) is 21.1 Å². The van der Waals surface area contributed by atoms with E-state index in [2.05, 4.69) is 4.98 Å². The molecule has 0 saturated carbocycles. The van der Waals surface area contributed by atoms with Crippen LogP contribution in [0.4, 0.5) is 0 Å². The van der Waals surface area contributed by atoms with Crippen molar-refractivity contribution in [2.24, 2.45) is 5.41 Å². The third-order valence-electron chi connectivity index (χ3n) is 4.23. The van der Waals surface area contributed by atoms with Gasteiger partial charge < -0.3 is 4.90 Å². The molecule has 0 atom stereocenters. The number of nitrogens with zero attached hydrogens (tertiary/aromatic N) is 3. The highest BCUT2D eigenvalue weighted by Gasteiger charge is 2.56. The van der Waals surface area contributed by atoms with E-state index in [1.807, 2.05) is 22.9 Å². The molecule has 1 spiro atoms. The van der Waals surface area contributed by atoms with Crippen LogP contribution in [0.5, 0.6) is 0 Å². The maximum atomic E-state index is 12.2. The first-order valence-corrected chi connectivity index (χ1v) is 9.46. The van der Waals surface area contributed by atoms with Crippen molar-refractivity contribution in [1.82, 2.24) is 14.3 Å². The van der Waals surface area contributed by atoms with Crippen LogP contribution in [0.3, 0.4) is 0 Å². The number of fused-ring (bicyclic) bond motifs is 1. The molecule has 0 aromatic carbocycles. The minimum absolute atomic E-state index is 0.0355. The van der Waals surface area contributed by atoms with Crippen molar-refractivity contribution in [3.8, 4) is 0 Å². The largest absolute Gasteiger partial charge is 0.341 e. The van der Waals surface area contributed by atoms with Gasteiger partial charge in [-0.05, 0) is 6.92 Å². The van der Waals surface area contributed by atoms with Crippen molar-refractivity contribution >= 4 is 32.0 Å². The Labute approximate surface area is 126 Å². The molecule has 8 heteroatoms. The van der Waals surface area contributed by atoms with Gasteiger partial charge in [-0.25, -0.2) is 13.4 Å². The second-order valence-electron chi connectivity index (χ2n) is 6.22. The molecule has 6 nitrogen and oxygen atoms in total. The van der Waals surface area contributed by atoms with Gasteiger partial charge >= 0.3 is 0 Å². The van der Waals surface area contributed by atoms with Gasteiger partial charge in [-0.15, -0.1) is 11.3 Å². The van der Waals surface area contributed by atoms with E-state index in [9.17, 15) is 13.2 Å². The van der Waals surface area contributed by atoms with Crippen LogP contribution < -0.4 is 0 Å². The molecule has 2 aromatic heterocycles. The summed E-state index contributed by atoms with van der Waals surface area (Å²) in [5, 5.41) is 2.03. The number of rotatable bonds is 2. The van der Waals surface area contributed by atoms with Crippen LogP contribution in [-0.4, -0.2) is 53.2 Å². The molecule has 0 aliphatic carbocycles. The van der Waals surface area contributed by atoms with Gasteiger partial charge in [0, 0.05) is 35.8 Å². The van der Waals surface area contributed by atoms with Gasteiger partial charge in [0.15, 0.2) is 14.8 Å². The smallest absolute Gasteiger partial charge is 0.228 e. The van der Waals surface area contributed by atoms with Crippen molar-refractivity contribution in [3.63, 3.8) is 0 Å². The number of sulfone groups is 1. The molecule has 2 aromatic rings. The van der Waals surface area contributed by atoms with Gasteiger partial charge in [-0.2, -0.15) is 0 Å². The van der Waals surface area contributed by atoms with Gasteiger partial charge in [0.2, 0.25) is 5.91 Å². The summed E-state index contributed by atoms with van der Waals surface area (Å²) >= 11 is 1.56. The molecule has 21 heavy (non-hydrogen) atoms. The number of hydrogen-bond acceptors (Lipinski definition) is 5. The fourth-order valence-corrected chi connectivity index (χ4v) is 6.32. The number of carbonyl (C=O) groups excluding carboxylic acids is 1. The number of thiazole rings is 1. The Bertz CT molecular complexity index is 829. The zero-order valence-corrected chi connectivity index (χ0v) is 13.2. The molecule has 2 fully saturated rings. The van der Waals surface area contributed by atoms with E-state index < -0.39 is 9.84 Å². The predicted octanol–water partition coefficient (Wildman–Crippen LogP) is 0.504. The summed E-state index contributed by atoms with van der Waals surface area (Å²) in [5.41, 5.74) is 1.75. The number of aromatic nitrogens is 2. The lowest BCUT2D eigenvalue weighted by Crippen LogP contribution is -2.69. The van der Waals surface area contributed by atoms with Gasteiger partial charge in [0.25, 0.3) is 0 Å². The van der Waals surface area contributed by atoms with Crippen LogP contribution in [0.15, 0.2) is 11.6 Å². The van der Waals surface area contributed by atoms with Crippen molar-refractivity contribution in [3.05, 3.63) is 23.0 Å². The number of hydrogen-bond donors (Lipinski definition) is 0. The average Bonchev–Trinajstić information content (AvgIpc) is 2.85. The molecular weight excluding hydrogens is 310 g/mol. The van der Waals surface area contributed by atoms with Crippen LogP contribution in [0.1, 0.15) is 11.4 Å². The van der Waals surface area contributed by atoms with E-state index in [0.29, 0.717) is 13.1 Å². The summed E-state index contributed by atoms with van der Waals surface area (Å²) in [6, 6.07) is 0. The zero-order chi connectivity index (χ0) is 14.8. The topological polar surface area (TPSA) is 71.8 Å². The van der Waals surface area contributed by atoms with Crippen molar-refractivity contribution in [2.75, 3.05) is 24.6 Å². The molecule has 0 radical (unpaired) electrons. The van der Waals surface area contributed by atoms with Gasteiger partial charge in [-0.1, -0.05) is 0 Å². The summed E-state index contributed by atoms with van der Waals surface area (Å²) in [6.07, 6.45) is 2.19. The van der Waals surface area contributed by atoms with Gasteiger partial charge in [0.1, 0.15) is 0 Å². The van der Waals surface area contributed by atoms with E-state index in [1.165, 1.54) is 0 Å². The average molecular weight is 325 g/mol. The first-order valence-electron chi connectivity index (χ1n) is 6.76. The van der Waals surface area contributed by atoms with E-state index >= 15 is 0 Å². The molecule has 112 valence electrons. The predicted molar refractivity (Wildman–Crippen MR) is 79.2 cm³/mol. The Hall–Kier alpha value is -1.41. The highest BCUT2D eigenvalue weighted by Crippen LogP contribution is 2.41. The van der Waals surface area contributed by atoms with Crippen LogP contribution in [0.2, 0.25) is 0 Å². The van der Waals surface area contributed by atoms with Gasteiger partial charge in [-0.3, -0.25) is 9.20 Å². The Morgan fingerprint density at radius 1 is 1.43 bits per heavy atom. The molecule has 2 saturated heterocycles. The summed E-state index contributed by atoms with van der Waals surface area (Å²) in [7, 11) is -2.82. The molecule has 0 bridgehead atoms. The van der Waals surface area contributed by atoms with E-state index in [4.69, 9.17) is 0 Å². The Kier molecular flexibility index (Phi) is 2.57. The summed E-state index contributed by atoms with van der Waals surface area (Å²) < 4.78 is 24.5. The third kappa shape index (κ3) is 2.08. The number of aryl methyl sites for hydroxylation is 1. The summed E-state index contributed by atoms with van der Waals surface area (Å²) in [6.45, 7) is 3.16. The molecule has 2 aliphatic heterocycles. The lowest BCUT2D eigenvalue weighted by atomic mass is 9.82. The highest BCUT2D eigenvalue weighted by atomic mass is 32.2. The van der Waals surface area contributed by atoms with Crippen molar-refractivity contribution < 1.29 is 13.2 Å². The quantitative estimate of drug-likeness (QED) is 0.806. The Balaban J connectivity index is 1.41. The maximum absolute atomic E-state index is 12.2. The standard InChI is InChI=1S/C13H15N3O3S2/c1-9-4-20-12-14-10(3-16(9)12)2-11(17)15-5-13(6-15)7-21(18,19)8-13/h3-4H,2,5-8H2,1H3. The summed E-state index contributed by atoms with van der Waals surface area (Å²) in [5.74, 6) is 0.514. The highest BCUT2D eigenvalue weighted by molar-refractivity contribution is 7.92. The van der Waals surface area contributed by atoms with Gasteiger partial charge in [0.05, 0.1) is 23.6 Å². The SMILES string of the molecule is Cc1csc2nc(CC(=O)N3CC4(C3)CS(=O)(=O)C4)cn12. The van der Waals surface area contributed by atoms with E-state index in [1.54, 1.807) is 16.2 Å². The molecule has 4 heterocycles. The Morgan fingerprint density at radius 2 is 2.14 bits per heavy atom. The first-order chi connectivity index (χ1) is 9.86. The lowest BCUT2D eigenvalue weighted by Gasteiger charge is -2.54. The number of likely N-dealkylation sites (tertiary alicyclic amines) is 1. The molecule has 1 amide bonds. The minimum Gasteiger partial charge on any atom is -0.341 e. The molecule has 0 unspecified atom stereocenters. The molecule has 4 rings (SSSR count). The maximum Gasteiger partial charge on any atom is 0.228 e. The Morgan fingerprint density at radius 3 is 2.76 bits per heavy atom. The number of carbonyl (C=O) groups is 1. The minimum atomic E-state index is -2.82. The van der Waals surface area contributed by atoms with E-state index in [-0.39, 0.29) is 29.2 Å². The first kappa shape index (κ1) is 13.3. The molecular formula is C13H15N3O3S2. The lowest BCUT2D eigenvalue weighted by molar-refractivity contribution is -0.141. The summed E-state index contributed by atoms with van der Waals surface area (Å²) in [4.78, 5) is 19.3. The fourth-order valence-electron chi connectivity index (χ4n) is 3.31. The van der Waals surface area contributed by atoms with Crippen molar-refractivity contribution in [2.45, 2.75) is 13.3 Å². The second-order valence-corrected chi connectivity index (χ2v) is 9.12. The number of amides is 1. The van der Waals surface area contributed by atoms with Crippen molar-refractivity contribution in [1.29, 1.82) is 0 Å². The zero-order valence-electron chi connectivity index (χ0n) is 11.6. The monoisotopic (exact) mass is 325 g/mol. The number of imidazole rings is 1. The third-order valence-corrected chi connectivity index (χ3v) is 7.29. The van der Waals surface area contributed by atoms with Crippen LogP contribution >= 0.6 is 11.3 Å². The van der Waals surface area contributed by atoms with Crippen LogP contribution in [0.25, 0.3) is 4.96 Å². The van der Waals surface area contributed by atoms with E-state index in [0.717, 1.165) is 16.3 Å². The van der Waals surface area contributed by atoms with Crippen LogP contribution in [0, 0.1) is 12.3 Å².